The van der Waals surface area contributed by atoms with Crippen LogP contribution < -0.4 is 10.6 Å². The zero-order valence-corrected chi connectivity index (χ0v) is 14.3. The van der Waals surface area contributed by atoms with Gasteiger partial charge in [-0.25, -0.2) is 4.79 Å². The number of nitrogens with one attached hydrogen (secondary N) is 2. The highest BCUT2D eigenvalue weighted by Gasteiger charge is 2.30. The van der Waals surface area contributed by atoms with Gasteiger partial charge >= 0.3 is 6.03 Å². The van der Waals surface area contributed by atoms with E-state index in [-0.39, 0.29) is 24.6 Å². The van der Waals surface area contributed by atoms with Gasteiger partial charge in [0.25, 0.3) is 0 Å². The number of likely N-dealkylation sites (tertiary alicyclic amines) is 1. The number of carbonyl (C=O) groups excluding carboxylic acids is 1. The summed E-state index contributed by atoms with van der Waals surface area (Å²) in [6.45, 7) is 2.62. The van der Waals surface area contributed by atoms with Crippen LogP contribution in [0.5, 0.6) is 0 Å². The Kier molecular flexibility index (Phi) is 6.04. The molecule has 0 radical (unpaired) electrons. The van der Waals surface area contributed by atoms with Crippen LogP contribution in [-0.2, 0) is 6.54 Å². The number of rotatable bonds is 5. The number of aliphatic hydroxyl groups is 1. The predicted octanol–water partition coefficient (Wildman–Crippen LogP) is 2.69. The molecule has 1 fully saturated rings. The summed E-state index contributed by atoms with van der Waals surface area (Å²) < 4.78 is 0. The molecule has 132 valence electrons. The average molecular weight is 339 g/mol. The van der Waals surface area contributed by atoms with Crippen LogP contribution in [0.2, 0.25) is 0 Å². The molecule has 2 unspecified atom stereocenters. The van der Waals surface area contributed by atoms with Crippen LogP contribution in [0.25, 0.3) is 0 Å². The number of aliphatic hydroxyl groups excluding tert-OH is 1. The monoisotopic (exact) mass is 339 g/mol. The molecule has 0 aromatic heterocycles. The summed E-state index contributed by atoms with van der Waals surface area (Å²) in [6, 6.07) is 19.4. The second-order valence-corrected chi connectivity index (χ2v) is 6.52. The Morgan fingerprint density at radius 1 is 1.08 bits per heavy atom. The van der Waals surface area contributed by atoms with Crippen LogP contribution in [0, 0.1) is 5.92 Å². The van der Waals surface area contributed by atoms with Crippen molar-refractivity contribution < 1.29 is 9.90 Å². The Bertz CT molecular complexity index is 663. The molecule has 0 spiro atoms. The van der Waals surface area contributed by atoms with Crippen molar-refractivity contribution in [2.45, 2.75) is 19.0 Å². The standard InChI is InChI=1S/C20H25N3O2/c24-15-17-11-12-23(13-16-7-3-1-4-8-16)14-19(17)22-20(25)21-18-9-5-2-6-10-18/h1-10,17,19,24H,11-15H2,(H2,21,22,25). The van der Waals surface area contributed by atoms with E-state index in [9.17, 15) is 9.90 Å². The Morgan fingerprint density at radius 2 is 1.76 bits per heavy atom. The number of urea groups is 1. The molecule has 3 rings (SSSR count). The Hall–Kier alpha value is -2.37. The highest BCUT2D eigenvalue weighted by atomic mass is 16.3. The zero-order chi connectivity index (χ0) is 17.5. The molecule has 0 saturated carbocycles. The number of carbonyl (C=O) groups is 1. The van der Waals surface area contributed by atoms with E-state index in [1.54, 1.807) is 0 Å². The van der Waals surface area contributed by atoms with Crippen molar-refractivity contribution in [1.29, 1.82) is 0 Å². The topological polar surface area (TPSA) is 64.6 Å². The number of hydrogen-bond donors (Lipinski definition) is 3. The lowest BCUT2D eigenvalue weighted by atomic mass is 9.92. The quantitative estimate of drug-likeness (QED) is 0.785. The maximum atomic E-state index is 12.3. The van der Waals surface area contributed by atoms with Gasteiger partial charge in [0.2, 0.25) is 0 Å². The molecule has 25 heavy (non-hydrogen) atoms. The molecule has 1 heterocycles. The van der Waals surface area contributed by atoms with Crippen LogP contribution in [0.1, 0.15) is 12.0 Å². The molecule has 3 N–H and O–H groups in total. The normalized spacial score (nSPS) is 20.8. The van der Waals surface area contributed by atoms with E-state index in [1.807, 2.05) is 48.5 Å². The third kappa shape index (κ3) is 5.05. The minimum absolute atomic E-state index is 0.0637. The number of amides is 2. The maximum Gasteiger partial charge on any atom is 0.319 e. The molecular formula is C20H25N3O2. The summed E-state index contributed by atoms with van der Waals surface area (Å²) in [5.74, 6) is 0.0912. The van der Waals surface area contributed by atoms with E-state index in [2.05, 4.69) is 27.7 Å². The molecule has 1 aliphatic rings. The SMILES string of the molecule is O=C(Nc1ccccc1)NC1CN(Cc2ccccc2)CCC1CO. The molecule has 1 aliphatic heterocycles. The minimum Gasteiger partial charge on any atom is -0.396 e. The highest BCUT2D eigenvalue weighted by molar-refractivity contribution is 5.89. The average Bonchev–Trinajstić information content (AvgIpc) is 2.63. The van der Waals surface area contributed by atoms with Gasteiger partial charge in [-0.1, -0.05) is 48.5 Å². The van der Waals surface area contributed by atoms with Gasteiger partial charge < -0.3 is 15.7 Å². The Balaban J connectivity index is 1.58. The smallest absolute Gasteiger partial charge is 0.319 e. The molecule has 2 aromatic rings. The van der Waals surface area contributed by atoms with Gasteiger partial charge in [0.1, 0.15) is 0 Å². The van der Waals surface area contributed by atoms with Crippen LogP contribution >= 0.6 is 0 Å². The third-order valence-electron chi connectivity index (χ3n) is 4.67. The first kappa shape index (κ1) is 17.5. The van der Waals surface area contributed by atoms with Crippen molar-refractivity contribution in [3.63, 3.8) is 0 Å². The first-order valence-electron chi connectivity index (χ1n) is 8.74. The summed E-state index contributed by atoms with van der Waals surface area (Å²) in [5.41, 5.74) is 2.02. The summed E-state index contributed by atoms with van der Waals surface area (Å²) in [7, 11) is 0. The molecular weight excluding hydrogens is 314 g/mol. The van der Waals surface area contributed by atoms with Crippen molar-refractivity contribution in [3.05, 3.63) is 66.2 Å². The number of piperidine rings is 1. The van der Waals surface area contributed by atoms with Crippen molar-refractivity contribution in [2.24, 2.45) is 5.92 Å². The molecule has 1 saturated heterocycles. The lowest BCUT2D eigenvalue weighted by Crippen LogP contribution is -2.54. The summed E-state index contributed by atoms with van der Waals surface area (Å²) in [5, 5.41) is 15.5. The van der Waals surface area contributed by atoms with Gasteiger partial charge in [-0.3, -0.25) is 4.90 Å². The van der Waals surface area contributed by atoms with E-state index in [1.165, 1.54) is 5.56 Å². The van der Waals surface area contributed by atoms with Crippen molar-refractivity contribution >= 4 is 11.7 Å². The fourth-order valence-electron chi connectivity index (χ4n) is 3.29. The Labute approximate surface area is 148 Å². The van der Waals surface area contributed by atoms with Gasteiger partial charge in [-0.05, 0) is 30.7 Å². The van der Waals surface area contributed by atoms with E-state index in [0.29, 0.717) is 0 Å². The molecule has 0 aliphatic carbocycles. The van der Waals surface area contributed by atoms with Crippen LogP contribution in [0.4, 0.5) is 10.5 Å². The number of nitrogens with zero attached hydrogens (tertiary/aromatic N) is 1. The minimum atomic E-state index is -0.226. The third-order valence-corrected chi connectivity index (χ3v) is 4.67. The number of benzene rings is 2. The summed E-state index contributed by atoms with van der Waals surface area (Å²) >= 11 is 0. The molecule has 5 heteroatoms. The first-order valence-corrected chi connectivity index (χ1v) is 8.74. The fourth-order valence-corrected chi connectivity index (χ4v) is 3.29. The van der Waals surface area contributed by atoms with Crippen LogP contribution in [-0.4, -0.2) is 41.8 Å². The van der Waals surface area contributed by atoms with Crippen molar-refractivity contribution in [3.8, 4) is 0 Å². The largest absolute Gasteiger partial charge is 0.396 e. The first-order chi connectivity index (χ1) is 12.2. The second-order valence-electron chi connectivity index (χ2n) is 6.52. The maximum absolute atomic E-state index is 12.3. The van der Waals surface area contributed by atoms with Crippen LogP contribution in [0.3, 0.4) is 0 Å². The van der Waals surface area contributed by atoms with Crippen molar-refractivity contribution in [1.82, 2.24) is 10.2 Å². The van der Waals surface area contributed by atoms with E-state index in [0.717, 1.165) is 31.7 Å². The number of anilines is 1. The van der Waals surface area contributed by atoms with E-state index in [4.69, 9.17) is 0 Å². The van der Waals surface area contributed by atoms with Gasteiger partial charge in [-0.15, -0.1) is 0 Å². The van der Waals surface area contributed by atoms with Crippen molar-refractivity contribution in [2.75, 3.05) is 25.0 Å². The van der Waals surface area contributed by atoms with Gasteiger partial charge in [0.15, 0.2) is 0 Å². The molecule has 5 nitrogen and oxygen atoms in total. The fraction of sp³-hybridized carbons (Fsp3) is 0.350. The number of para-hydroxylation sites is 1. The lowest BCUT2D eigenvalue weighted by Gasteiger charge is -2.38. The Morgan fingerprint density at radius 3 is 2.44 bits per heavy atom. The highest BCUT2D eigenvalue weighted by Crippen LogP contribution is 2.19. The predicted molar refractivity (Wildman–Crippen MR) is 99.3 cm³/mol. The molecule has 2 atom stereocenters. The second kappa shape index (κ2) is 8.65. The van der Waals surface area contributed by atoms with Gasteiger partial charge in [0, 0.05) is 37.3 Å². The summed E-state index contributed by atoms with van der Waals surface area (Å²) in [6.07, 6.45) is 0.875. The van der Waals surface area contributed by atoms with E-state index >= 15 is 0 Å². The lowest BCUT2D eigenvalue weighted by molar-refractivity contribution is 0.0958. The molecule has 0 bridgehead atoms. The zero-order valence-electron chi connectivity index (χ0n) is 14.3. The molecule has 2 aromatic carbocycles. The van der Waals surface area contributed by atoms with E-state index < -0.39 is 0 Å². The summed E-state index contributed by atoms with van der Waals surface area (Å²) in [4.78, 5) is 14.6. The van der Waals surface area contributed by atoms with Gasteiger partial charge in [0.05, 0.1) is 0 Å². The number of hydrogen-bond acceptors (Lipinski definition) is 3. The van der Waals surface area contributed by atoms with Crippen LogP contribution in [0.15, 0.2) is 60.7 Å². The molecule has 2 amide bonds. The van der Waals surface area contributed by atoms with Gasteiger partial charge in [-0.2, -0.15) is 0 Å².